The Morgan fingerprint density at radius 2 is 2.07 bits per heavy atom. The van der Waals surface area contributed by atoms with Gasteiger partial charge in [0.05, 0.1) is 6.54 Å². The van der Waals surface area contributed by atoms with E-state index < -0.39 is 0 Å². The summed E-state index contributed by atoms with van der Waals surface area (Å²) >= 11 is 3.36. The predicted octanol–water partition coefficient (Wildman–Crippen LogP) is 1.59. The topological polar surface area (TPSA) is 55.1 Å². The van der Waals surface area contributed by atoms with Crippen LogP contribution in [-0.2, 0) is 4.79 Å². The Kier molecular flexibility index (Phi) is 4.10. The third kappa shape index (κ3) is 3.47. The second-order valence-electron chi connectivity index (χ2n) is 3.12. The molecule has 1 aromatic rings. The van der Waals surface area contributed by atoms with Gasteiger partial charge in [-0.25, -0.2) is 0 Å². The highest BCUT2D eigenvalue weighted by Gasteiger charge is 2.04. The molecule has 0 aliphatic carbocycles. The molecule has 1 rings (SSSR count). The number of hydrogen-bond acceptors (Lipinski definition) is 2. The quantitative estimate of drug-likeness (QED) is 0.860. The third-order valence-electron chi connectivity index (χ3n) is 1.95. The smallest absolute Gasteiger partial charge is 0.231 e. The van der Waals surface area contributed by atoms with E-state index in [4.69, 9.17) is 5.73 Å². The summed E-state index contributed by atoms with van der Waals surface area (Å²) in [4.78, 5) is 10.5. The maximum atomic E-state index is 10.5. The second kappa shape index (κ2) is 5.12. The van der Waals surface area contributed by atoms with Gasteiger partial charge in [0.2, 0.25) is 5.91 Å². The fourth-order valence-electron chi connectivity index (χ4n) is 1.12. The molecular weight excluding hydrogens is 244 g/mol. The fourth-order valence-corrected chi connectivity index (χ4v) is 1.39. The molecule has 0 aliphatic heterocycles. The van der Waals surface area contributed by atoms with Crippen LogP contribution in [0.25, 0.3) is 0 Å². The van der Waals surface area contributed by atoms with Crippen molar-refractivity contribution in [2.75, 3.05) is 6.54 Å². The van der Waals surface area contributed by atoms with Gasteiger partial charge in [0, 0.05) is 10.5 Å². The zero-order chi connectivity index (χ0) is 10.6. The van der Waals surface area contributed by atoms with Crippen LogP contribution in [0.15, 0.2) is 28.7 Å². The number of carbonyl (C=O) groups excluding carboxylic acids is 1. The van der Waals surface area contributed by atoms with Crippen LogP contribution >= 0.6 is 15.9 Å². The van der Waals surface area contributed by atoms with E-state index in [1.807, 2.05) is 31.2 Å². The van der Waals surface area contributed by atoms with Crippen molar-refractivity contribution in [3.05, 3.63) is 34.3 Å². The first kappa shape index (κ1) is 11.2. The van der Waals surface area contributed by atoms with Gasteiger partial charge in [-0.05, 0) is 24.6 Å². The monoisotopic (exact) mass is 256 g/mol. The minimum Gasteiger partial charge on any atom is -0.369 e. The molecule has 0 fully saturated rings. The molecule has 3 nitrogen and oxygen atoms in total. The Morgan fingerprint density at radius 3 is 2.57 bits per heavy atom. The zero-order valence-electron chi connectivity index (χ0n) is 7.96. The lowest BCUT2D eigenvalue weighted by Crippen LogP contribution is -2.30. The SMILES string of the molecule is C[C@H](NCC(N)=O)c1ccc(Br)cc1. The predicted molar refractivity (Wildman–Crippen MR) is 59.8 cm³/mol. The molecule has 0 unspecified atom stereocenters. The van der Waals surface area contributed by atoms with E-state index >= 15 is 0 Å². The molecule has 0 saturated carbocycles. The fraction of sp³-hybridized carbons (Fsp3) is 0.300. The summed E-state index contributed by atoms with van der Waals surface area (Å²) in [6.07, 6.45) is 0. The molecule has 0 aliphatic rings. The summed E-state index contributed by atoms with van der Waals surface area (Å²) in [7, 11) is 0. The summed E-state index contributed by atoms with van der Waals surface area (Å²) in [6, 6.07) is 8.08. The van der Waals surface area contributed by atoms with Gasteiger partial charge in [0.15, 0.2) is 0 Å². The average Bonchev–Trinajstić information content (AvgIpc) is 2.15. The van der Waals surface area contributed by atoms with Crippen molar-refractivity contribution in [1.29, 1.82) is 0 Å². The molecule has 14 heavy (non-hydrogen) atoms. The lowest BCUT2D eigenvalue weighted by molar-refractivity contribution is -0.117. The molecule has 0 radical (unpaired) electrons. The average molecular weight is 257 g/mol. The van der Waals surface area contributed by atoms with Crippen LogP contribution in [0.3, 0.4) is 0 Å². The van der Waals surface area contributed by atoms with Crippen molar-refractivity contribution in [2.24, 2.45) is 5.73 Å². The number of carbonyl (C=O) groups is 1. The molecule has 0 heterocycles. The van der Waals surface area contributed by atoms with E-state index in [0.717, 1.165) is 10.0 Å². The Bertz CT molecular complexity index is 310. The summed E-state index contributed by atoms with van der Waals surface area (Å²) in [5.41, 5.74) is 6.17. The molecule has 4 heteroatoms. The standard InChI is InChI=1S/C10H13BrN2O/c1-7(13-6-10(12)14)8-2-4-9(11)5-3-8/h2-5,7,13H,6H2,1H3,(H2,12,14)/t7-/m0/s1. The normalized spacial score (nSPS) is 12.4. The van der Waals surface area contributed by atoms with E-state index in [1.165, 1.54) is 0 Å². The van der Waals surface area contributed by atoms with Crippen LogP contribution in [0.1, 0.15) is 18.5 Å². The second-order valence-corrected chi connectivity index (χ2v) is 4.04. The zero-order valence-corrected chi connectivity index (χ0v) is 9.54. The van der Waals surface area contributed by atoms with Gasteiger partial charge in [0.25, 0.3) is 0 Å². The first-order chi connectivity index (χ1) is 6.59. The molecule has 1 atom stereocenters. The molecule has 1 amide bonds. The van der Waals surface area contributed by atoms with Gasteiger partial charge >= 0.3 is 0 Å². The van der Waals surface area contributed by atoms with Gasteiger partial charge in [-0.15, -0.1) is 0 Å². The summed E-state index contributed by atoms with van der Waals surface area (Å²) in [6.45, 7) is 2.20. The van der Waals surface area contributed by atoms with E-state index in [1.54, 1.807) is 0 Å². The summed E-state index contributed by atoms with van der Waals surface area (Å²) in [5.74, 6) is -0.339. The van der Waals surface area contributed by atoms with Gasteiger partial charge in [-0.2, -0.15) is 0 Å². The maximum Gasteiger partial charge on any atom is 0.231 e. The number of halogens is 1. The van der Waals surface area contributed by atoms with Crippen LogP contribution in [0.5, 0.6) is 0 Å². The number of primary amides is 1. The lowest BCUT2D eigenvalue weighted by atomic mass is 10.1. The van der Waals surface area contributed by atoms with Crippen LogP contribution < -0.4 is 11.1 Å². The van der Waals surface area contributed by atoms with Gasteiger partial charge in [-0.1, -0.05) is 28.1 Å². The van der Waals surface area contributed by atoms with Crippen molar-refractivity contribution < 1.29 is 4.79 Å². The number of benzene rings is 1. The highest BCUT2D eigenvalue weighted by Crippen LogP contribution is 2.15. The first-order valence-corrected chi connectivity index (χ1v) is 5.16. The van der Waals surface area contributed by atoms with E-state index in [9.17, 15) is 4.79 Å². The molecule has 76 valence electrons. The van der Waals surface area contributed by atoms with Crippen LogP contribution in [0.4, 0.5) is 0 Å². The largest absolute Gasteiger partial charge is 0.369 e. The number of hydrogen-bond donors (Lipinski definition) is 2. The van der Waals surface area contributed by atoms with E-state index in [0.29, 0.717) is 0 Å². The number of rotatable bonds is 4. The number of nitrogens with one attached hydrogen (secondary N) is 1. The van der Waals surface area contributed by atoms with E-state index in [-0.39, 0.29) is 18.5 Å². The number of nitrogens with two attached hydrogens (primary N) is 1. The third-order valence-corrected chi connectivity index (χ3v) is 2.48. The highest BCUT2D eigenvalue weighted by atomic mass is 79.9. The summed E-state index contributed by atoms with van der Waals surface area (Å²) in [5, 5.41) is 3.03. The summed E-state index contributed by atoms with van der Waals surface area (Å²) < 4.78 is 1.04. The van der Waals surface area contributed by atoms with Crippen molar-refractivity contribution in [1.82, 2.24) is 5.32 Å². The van der Waals surface area contributed by atoms with Crippen LogP contribution in [0, 0.1) is 0 Å². The number of amides is 1. The van der Waals surface area contributed by atoms with Crippen molar-refractivity contribution in [3.8, 4) is 0 Å². The molecule has 1 aromatic carbocycles. The molecule has 0 bridgehead atoms. The van der Waals surface area contributed by atoms with Gasteiger partial charge in [-0.3, -0.25) is 4.79 Å². The van der Waals surface area contributed by atoms with Crippen LogP contribution in [0.2, 0.25) is 0 Å². The lowest BCUT2D eigenvalue weighted by Gasteiger charge is -2.12. The van der Waals surface area contributed by atoms with Gasteiger partial charge < -0.3 is 11.1 Å². The Hall–Kier alpha value is -0.870. The molecule has 0 aromatic heterocycles. The molecular formula is C10H13BrN2O. The van der Waals surface area contributed by atoms with E-state index in [2.05, 4.69) is 21.2 Å². The van der Waals surface area contributed by atoms with Crippen LogP contribution in [-0.4, -0.2) is 12.5 Å². The molecule has 0 saturated heterocycles. The van der Waals surface area contributed by atoms with Gasteiger partial charge in [0.1, 0.15) is 0 Å². The Morgan fingerprint density at radius 1 is 1.50 bits per heavy atom. The molecule has 3 N–H and O–H groups in total. The molecule has 0 spiro atoms. The minimum absolute atomic E-state index is 0.135. The maximum absolute atomic E-state index is 10.5. The van der Waals surface area contributed by atoms with Crippen molar-refractivity contribution >= 4 is 21.8 Å². The Labute approximate surface area is 91.8 Å². The first-order valence-electron chi connectivity index (χ1n) is 4.36. The van der Waals surface area contributed by atoms with Crippen molar-refractivity contribution in [2.45, 2.75) is 13.0 Å². The van der Waals surface area contributed by atoms with Crippen molar-refractivity contribution in [3.63, 3.8) is 0 Å². The minimum atomic E-state index is -0.339. The Balaban J connectivity index is 2.56. The highest BCUT2D eigenvalue weighted by molar-refractivity contribution is 9.10.